The predicted octanol–water partition coefficient (Wildman–Crippen LogP) is 17.0. The summed E-state index contributed by atoms with van der Waals surface area (Å²) >= 11 is 0. The van der Waals surface area contributed by atoms with Crippen molar-refractivity contribution in [3.63, 3.8) is 0 Å². The van der Waals surface area contributed by atoms with Gasteiger partial charge in [0.2, 0.25) is 0 Å². The third-order valence-corrected chi connectivity index (χ3v) is 60.4. The van der Waals surface area contributed by atoms with Crippen molar-refractivity contribution in [2.24, 2.45) is 0 Å². The molecule has 0 N–H and O–H groups in total. The van der Waals surface area contributed by atoms with Gasteiger partial charge in [-0.3, -0.25) is 0 Å². The normalized spacial score (nSPS) is 13.2. The minimum absolute atomic E-state index is 0. The first-order chi connectivity index (χ1) is 22.6. The molecule has 0 unspecified atom stereocenters. The second-order valence-corrected chi connectivity index (χ2v) is 50.0. The van der Waals surface area contributed by atoms with Crippen LogP contribution in [0.15, 0.2) is 0 Å². The fourth-order valence-corrected chi connectivity index (χ4v) is 52.6. The first-order valence-electron chi connectivity index (χ1n) is 22.1. The summed E-state index contributed by atoms with van der Waals surface area (Å²) in [6.45, 7) is 51.7. The molecule has 7 heteroatoms. The van der Waals surface area contributed by atoms with Crippen molar-refractivity contribution in [3.05, 3.63) is 15.5 Å². The summed E-state index contributed by atoms with van der Waals surface area (Å²) in [6, 6.07) is 26.5. The minimum atomic E-state index is -1.04. The average molecular weight is 825 g/mol. The molecule has 0 atom stereocenters. The summed E-state index contributed by atoms with van der Waals surface area (Å²) in [6.07, 6.45) is 0. The molecule has 0 saturated heterocycles. The van der Waals surface area contributed by atoms with Gasteiger partial charge in [0.05, 0.1) is 0 Å². The molecule has 0 spiro atoms. The van der Waals surface area contributed by atoms with Gasteiger partial charge >= 0.3 is 17.4 Å². The molecule has 0 bridgehead atoms. The topological polar surface area (TPSA) is 0 Å². The maximum absolute atomic E-state index is 2.56. The van der Waals surface area contributed by atoms with Crippen LogP contribution in [0.5, 0.6) is 0 Å². The van der Waals surface area contributed by atoms with Crippen LogP contribution in [0.2, 0.25) is 109 Å². The Morgan fingerprint density at radius 2 is 0.265 bits per heavy atom. The zero-order chi connectivity index (χ0) is 38.5. The molecule has 0 amide bonds. The van der Waals surface area contributed by atoms with Gasteiger partial charge in [0, 0.05) is 0 Å². The number of hydrogen-bond donors (Lipinski definition) is 0. The van der Waals surface area contributed by atoms with Crippen LogP contribution >= 0.6 is 0 Å². The van der Waals surface area contributed by atoms with Crippen LogP contribution in [0.4, 0.5) is 0 Å². The van der Waals surface area contributed by atoms with E-state index >= 15 is 0 Å². The van der Waals surface area contributed by atoms with E-state index in [2.05, 4.69) is 161 Å². The smallest absolute Gasteiger partial charge is 0.314 e. The van der Waals surface area contributed by atoms with Crippen LogP contribution in [0, 0.1) is 15.5 Å². The van der Waals surface area contributed by atoms with Crippen molar-refractivity contribution in [1.82, 2.24) is 0 Å². The van der Waals surface area contributed by atoms with Crippen LogP contribution in [0.3, 0.4) is 0 Å². The number of rotatable bonds is 24. The first kappa shape index (κ1) is 57.6. The van der Waals surface area contributed by atoms with Crippen LogP contribution in [-0.4, -0.2) is 48.4 Å². The molecular formula is C42H99CrSi6. The summed E-state index contributed by atoms with van der Waals surface area (Å²) < 4.78 is 0. The van der Waals surface area contributed by atoms with E-state index in [0.29, 0.717) is 0 Å². The molecule has 0 saturated carbocycles. The van der Waals surface area contributed by atoms with Crippen molar-refractivity contribution in [3.8, 4) is 0 Å². The van der Waals surface area contributed by atoms with Crippen molar-refractivity contribution in [2.75, 3.05) is 0 Å². The van der Waals surface area contributed by atoms with E-state index in [-0.39, 0.29) is 17.4 Å². The molecule has 0 fully saturated rings. The Balaban J connectivity index is -0.000000307. The average Bonchev–Trinajstić information content (AvgIpc) is 3.15. The van der Waals surface area contributed by atoms with Gasteiger partial charge in [0.15, 0.2) is 0 Å². The first-order valence-corrected chi connectivity index (χ1v) is 37.8. The summed E-state index contributed by atoms with van der Waals surface area (Å²) in [5.74, 6) is 0. The van der Waals surface area contributed by atoms with Crippen LogP contribution < -0.4 is 0 Å². The fourth-order valence-electron chi connectivity index (χ4n) is 11.0. The quantitative estimate of drug-likeness (QED) is 0.0672. The molecule has 0 aromatic rings. The monoisotopic (exact) mass is 824 g/mol. The summed E-state index contributed by atoms with van der Waals surface area (Å²) in [7, 11) is -6.24. The van der Waals surface area contributed by atoms with Gasteiger partial charge in [0.1, 0.15) is 0 Å². The van der Waals surface area contributed by atoms with Crippen molar-refractivity contribution >= 4 is 48.4 Å². The Hall–Kier alpha value is 1.83. The fraction of sp³-hybridized carbons (Fsp3) is 0.929. The molecule has 1 radical (unpaired) electrons. The molecule has 0 aliphatic rings. The van der Waals surface area contributed by atoms with Gasteiger partial charge in [-0.25, -0.2) is 0 Å². The third-order valence-electron chi connectivity index (χ3n) is 17.0. The second kappa shape index (κ2) is 28.3. The van der Waals surface area contributed by atoms with Gasteiger partial charge in [-0.1, -0.05) is 282 Å². The Bertz CT molecular complexity index is 541. The largest absolute Gasteiger partial charge is 3.00 e. The molecule has 0 aliphatic heterocycles. The second-order valence-electron chi connectivity index (χ2n) is 15.9. The van der Waals surface area contributed by atoms with E-state index in [1.54, 1.807) is 0 Å². The molecule has 0 aromatic heterocycles. The van der Waals surface area contributed by atoms with E-state index in [9.17, 15) is 0 Å². The van der Waals surface area contributed by atoms with Gasteiger partial charge in [-0.2, -0.15) is 20.8 Å². The van der Waals surface area contributed by atoms with E-state index in [1.807, 2.05) is 0 Å². The zero-order valence-electron chi connectivity index (χ0n) is 38.6. The molecular weight excluding hydrogens is 725 g/mol. The Labute approximate surface area is 333 Å². The molecule has 0 heterocycles. The van der Waals surface area contributed by atoms with Gasteiger partial charge in [-0.05, 0) is 0 Å². The Kier molecular flexibility index (Phi) is 33.2. The molecule has 0 rings (SSSR count). The molecule has 0 aliphatic carbocycles. The van der Waals surface area contributed by atoms with E-state index < -0.39 is 48.4 Å². The van der Waals surface area contributed by atoms with Crippen LogP contribution in [0.25, 0.3) is 0 Å². The Morgan fingerprint density at radius 1 is 0.204 bits per heavy atom. The maximum atomic E-state index is 2.56. The molecule has 0 nitrogen and oxygen atoms in total. The van der Waals surface area contributed by atoms with Crippen LogP contribution in [-0.2, 0) is 17.4 Å². The van der Waals surface area contributed by atoms with Crippen molar-refractivity contribution in [1.29, 1.82) is 0 Å². The summed E-state index contributed by atoms with van der Waals surface area (Å²) in [5, 5.41) is 6.17. The van der Waals surface area contributed by atoms with E-state index in [1.165, 1.54) is 109 Å². The van der Waals surface area contributed by atoms with Gasteiger partial charge < -0.3 is 15.5 Å². The standard InChI is InChI=1S/3C14H33Si2.Cr/c3*1-8-15(9-2,10-3)14(7)16(11-4,12-5)13-6;/h3*8-13H2,1-7H3;/q3*-1;+3. The summed E-state index contributed by atoms with van der Waals surface area (Å²) in [4.78, 5) is 0. The molecule has 49 heavy (non-hydrogen) atoms. The maximum Gasteiger partial charge on any atom is 3.00 e. The van der Waals surface area contributed by atoms with Gasteiger partial charge in [-0.15, -0.1) is 0 Å². The van der Waals surface area contributed by atoms with Crippen LogP contribution in [0.1, 0.15) is 145 Å². The third kappa shape index (κ3) is 13.5. The van der Waals surface area contributed by atoms with Gasteiger partial charge in [0.25, 0.3) is 0 Å². The zero-order valence-corrected chi connectivity index (χ0v) is 45.9. The minimum Gasteiger partial charge on any atom is -0.314 e. The van der Waals surface area contributed by atoms with E-state index in [4.69, 9.17) is 0 Å². The SMILES string of the molecule is CC[Si](CC)(CC)[C-](C)[Si](CC)(CC)CC.CC[Si](CC)(CC)[C-](C)[Si](CC)(CC)CC.CC[Si](CC)(CC)[C-](C)[Si](CC)(CC)CC.[Cr+3]. The molecule has 0 aromatic carbocycles. The Morgan fingerprint density at radius 3 is 0.306 bits per heavy atom. The predicted molar refractivity (Wildman–Crippen MR) is 250 cm³/mol. The number of hydrogen-bond acceptors (Lipinski definition) is 0. The van der Waals surface area contributed by atoms with Crippen molar-refractivity contribution < 1.29 is 17.4 Å². The van der Waals surface area contributed by atoms with Crippen molar-refractivity contribution in [2.45, 2.75) is 254 Å². The van der Waals surface area contributed by atoms with E-state index in [0.717, 1.165) is 0 Å². The molecule has 297 valence electrons. The summed E-state index contributed by atoms with van der Waals surface area (Å²) in [5.41, 5.74) is 0.